The molecule has 0 bridgehead atoms. The molecule has 0 saturated carbocycles. The lowest BCUT2D eigenvalue weighted by atomic mass is 10.0. The van der Waals surface area contributed by atoms with Gasteiger partial charge in [-0.25, -0.2) is 4.79 Å². The van der Waals surface area contributed by atoms with Gasteiger partial charge in [-0.2, -0.15) is 13.2 Å². The first-order chi connectivity index (χ1) is 17.2. The Bertz CT molecular complexity index is 1100. The predicted octanol–water partition coefficient (Wildman–Crippen LogP) is 5.76. The fourth-order valence-electron chi connectivity index (χ4n) is 3.30. The Morgan fingerprint density at radius 3 is 2.17 bits per heavy atom. The van der Waals surface area contributed by atoms with Gasteiger partial charge in [-0.3, -0.25) is 9.78 Å². The van der Waals surface area contributed by atoms with E-state index in [0.717, 1.165) is 30.5 Å². The number of benzene rings is 2. The van der Waals surface area contributed by atoms with E-state index in [4.69, 9.17) is 9.90 Å². The molecule has 1 unspecified atom stereocenters. The van der Waals surface area contributed by atoms with Gasteiger partial charge in [0, 0.05) is 37.1 Å². The van der Waals surface area contributed by atoms with Crippen LogP contribution in [0, 0.1) is 0 Å². The van der Waals surface area contributed by atoms with Crippen LogP contribution in [0.4, 0.5) is 13.2 Å². The highest BCUT2D eigenvalue weighted by Crippen LogP contribution is 2.21. The van der Waals surface area contributed by atoms with Crippen LogP contribution in [-0.2, 0) is 11.3 Å². The first kappa shape index (κ1) is 28.5. The number of aromatic nitrogens is 1. The van der Waals surface area contributed by atoms with Crippen LogP contribution in [0.2, 0.25) is 0 Å². The van der Waals surface area contributed by atoms with Crippen LogP contribution in [0.1, 0.15) is 54.2 Å². The molecule has 0 radical (unpaired) electrons. The fourth-order valence-corrected chi connectivity index (χ4v) is 3.30. The molecule has 1 aromatic heterocycles. The van der Waals surface area contributed by atoms with Gasteiger partial charge in [0.2, 0.25) is 0 Å². The molecule has 36 heavy (non-hydrogen) atoms. The van der Waals surface area contributed by atoms with E-state index in [0.29, 0.717) is 18.2 Å². The van der Waals surface area contributed by atoms with E-state index in [9.17, 15) is 18.0 Å². The molecule has 9 heteroatoms. The van der Waals surface area contributed by atoms with Gasteiger partial charge in [0.1, 0.15) is 0 Å². The molecule has 6 nitrogen and oxygen atoms in total. The van der Waals surface area contributed by atoms with Crippen LogP contribution >= 0.6 is 0 Å². The number of carbonyl (C=O) groups is 2. The molecule has 2 aromatic carbocycles. The van der Waals surface area contributed by atoms with E-state index < -0.39 is 12.1 Å². The standard InChI is InChI=1S/C25H29N3O.C2HF3O2/c1-3-14-27-25(29)23-15-22(17-26-18-23)20-12-10-19(11-13-20)16-28-24(4-2)21-8-6-5-7-9-21;3-2(4,5)1(6)7/h5-13,15,17-18,24,28H,3-4,14,16H2,1-2H3,(H,27,29);(H,6,7). The van der Waals surface area contributed by atoms with Crippen molar-refractivity contribution in [1.29, 1.82) is 0 Å². The summed E-state index contributed by atoms with van der Waals surface area (Å²) in [6, 6.07) is 21.2. The number of halogens is 3. The SMILES string of the molecule is CCCNC(=O)c1cncc(-c2ccc(CNC(CC)c3ccccc3)cc2)c1.O=C(O)C(F)(F)F. The van der Waals surface area contributed by atoms with Crippen LogP contribution in [0.25, 0.3) is 11.1 Å². The number of rotatable bonds is 9. The van der Waals surface area contributed by atoms with Crippen molar-refractivity contribution in [2.75, 3.05) is 6.54 Å². The lowest BCUT2D eigenvalue weighted by Gasteiger charge is -2.17. The maximum absolute atomic E-state index is 12.2. The lowest BCUT2D eigenvalue weighted by molar-refractivity contribution is -0.192. The normalized spacial score (nSPS) is 11.7. The molecular weight excluding hydrogens is 471 g/mol. The third-order valence-corrected chi connectivity index (χ3v) is 5.23. The summed E-state index contributed by atoms with van der Waals surface area (Å²) < 4.78 is 31.7. The highest BCUT2D eigenvalue weighted by molar-refractivity contribution is 5.95. The van der Waals surface area contributed by atoms with Crippen molar-refractivity contribution in [2.24, 2.45) is 0 Å². The molecule has 0 aliphatic rings. The largest absolute Gasteiger partial charge is 0.490 e. The van der Waals surface area contributed by atoms with Gasteiger partial charge in [0.25, 0.3) is 5.91 Å². The number of aliphatic carboxylic acids is 1. The first-order valence-electron chi connectivity index (χ1n) is 11.6. The second-order valence-electron chi connectivity index (χ2n) is 7.97. The number of carboxylic acid groups (broad SMARTS) is 1. The highest BCUT2D eigenvalue weighted by Gasteiger charge is 2.38. The number of hydrogen-bond donors (Lipinski definition) is 3. The summed E-state index contributed by atoms with van der Waals surface area (Å²) in [5.74, 6) is -2.83. The zero-order chi connectivity index (χ0) is 26.6. The Labute approximate surface area is 208 Å². The summed E-state index contributed by atoms with van der Waals surface area (Å²) in [7, 11) is 0. The molecule has 0 fully saturated rings. The van der Waals surface area contributed by atoms with Gasteiger partial charge < -0.3 is 15.7 Å². The Morgan fingerprint density at radius 2 is 1.61 bits per heavy atom. The number of nitrogens with zero attached hydrogens (tertiary/aromatic N) is 1. The number of alkyl halides is 3. The van der Waals surface area contributed by atoms with Crippen LogP contribution in [0.3, 0.4) is 0 Å². The van der Waals surface area contributed by atoms with E-state index >= 15 is 0 Å². The van der Waals surface area contributed by atoms with Crippen molar-refractivity contribution in [3.05, 3.63) is 89.7 Å². The molecule has 3 N–H and O–H groups in total. The minimum absolute atomic E-state index is 0.0754. The topological polar surface area (TPSA) is 91.3 Å². The predicted molar refractivity (Wildman–Crippen MR) is 132 cm³/mol. The molecular formula is C27H30F3N3O3. The number of hydrogen-bond acceptors (Lipinski definition) is 4. The van der Waals surface area contributed by atoms with Crippen molar-refractivity contribution in [3.63, 3.8) is 0 Å². The van der Waals surface area contributed by atoms with Crippen molar-refractivity contribution >= 4 is 11.9 Å². The zero-order valence-corrected chi connectivity index (χ0v) is 20.2. The quantitative estimate of drug-likeness (QED) is 0.347. The van der Waals surface area contributed by atoms with Gasteiger partial charge in [-0.15, -0.1) is 0 Å². The van der Waals surface area contributed by atoms with Crippen molar-refractivity contribution in [1.82, 2.24) is 15.6 Å². The maximum Gasteiger partial charge on any atom is 0.490 e. The van der Waals surface area contributed by atoms with Crippen LogP contribution in [0.15, 0.2) is 73.1 Å². The average molecular weight is 502 g/mol. The molecule has 3 rings (SSSR count). The van der Waals surface area contributed by atoms with Crippen LogP contribution in [-0.4, -0.2) is 34.7 Å². The van der Waals surface area contributed by atoms with Crippen molar-refractivity contribution in [3.8, 4) is 11.1 Å². The summed E-state index contributed by atoms with van der Waals surface area (Å²) >= 11 is 0. The van der Waals surface area contributed by atoms with E-state index in [1.807, 2.05) is 19.1 Å². The molecule has 1 heterocycles. The van der Waals surface area contributed by atoms with Gasteiger partial charge in [-0.05, 0) is 35.6 Å². The lowest BCUT2D eigenvalue weighted by Crippen LogP contribution is -2.24. The third kappa shape index (κ3) is 9.14. The van der Waals surface area contributed by atoms with Gasteiger partial charge >= 0.3 is 12.1 Å². The Morgan fingerprint density at radius 1 is 0.972 bits per heavy atom. The average Bonchev–Trinajstić information content (AvgIpc) is 2.88. The number of carboxylic acids is 1. The Balaban J connectivity index is 0.000000572. The smallest absolute Gasteiger partial charge is 0.475 e. The van der Waals surface area contributed by atoms with Gasteiger partial charge in [-0.1, -0.05) is 68.4 Å². The van der Waals surface area contributed by atoms with Crippen molar-refractivity contribution in [2.45, 2.75) is 45.5 Å². The van der Waals surface area contributed by atoms with Gasteiger partial charge in [0.15, 0.2) is 0 Å². The molecule has 3 aromatic rings. The monoisotopic (exact) mass is 501 g/mol. The summed E-state index contributed by atoms with van der Waals surface area (Å²) in [5.41, 5.74) is 5.14. The number of amides is 1. The maximum atomic E-state index is 12.2. The number of carbonyl (C=O) groups excluding carboxylic acids is 1. The van der Waals surface area contributed by atoms with Crippen LogP contribution < -0.4 is 10.6 Å². The molecule has 1 atom stereocenters. The van der Waals surface area contributed by atoms with E-state index in [1.54, 1.807) is 12.4 Å². The van der Waals surface area contributed by atoms with E-state index in [1.165, 1.54) is 11.1 Å². The second-order valence-corrected chi connectivity index (χ2v) is 7.97. The minimum Gasteiger partial charge on any atom is -0.475 e. The summed E-state index contributed by atoms with van der Waals surface area (Å²) in [4.78, 5) is 25.3. The number of nitrogens with one attached hydrogen (secondary N) is 2. The second kappa shape index (κ2) is 14.0. The highest BCUT2D eigenvalue weighted by atomic mass is 19.4. The summed E-state index contributed by atoms with van der Waals surface area (Å²) in [6.45, 7) is 5.72. The van der Waals surface area contributed by atoms with Crippen LogP contribution in [0.5, 0.6) is 0 Å². The molecule has 0 aliphatic carbocycles. The Kier molecular flexibility index (Phi) is 11.1. The molecule has 1 amide bonds. The zero-order valence-electron chi connectivity index (χ0n) is 20.2. The fraction of sp³-hybridized carbons (Fsp3) is 0.296. The minimum atomic E-state index is -5.08. The van der Waals surface area contributed by atoms with Gasteiger partial charge in [0.05, 0.1) is 5.56 Å². The summed E-state index contributed by atoms with van der Waals surface area (Å²) in [5, 5.41) is 13.7. The third-order valence-electron chi connectivity index (χ3n) is 5.23. The van der Waals surface area contributed by atoms with E-state index in [-0.39, 0.29) is 5.91 Å². The molecule has 0 spiro atoms. The Hall–Kier alpha value is -3.72. The van der Waals surface area contributed by atoms with Crippen molar-refractivity contribution < 1.29 is 27.9 Å². The molecule has 0 saturated heterocycles. The molecule has 0 aliphatic heterocycles. The van der Waals surface area contributed by atoms with E-state index in [2.05, 4.69) is 71.1 Å². The molecule has 192 valence electrons. The number of pyridine rings is 1. The summed E-state index contributed by atoms with van der Waals surface area (Å²) in [6.07, 6.45) is 0.284. The first-order valence-corrected chi connectivity index (χ1v) is 11.6.